The van der Waals surface area contributed by atoms with E-state index in [4.69, 9.17) is 9.47 Å². The van der Waals surface area contributed by atoms with Crippen LogP contribution in [0.3, 0.4) is 0 Å². The van der Waals surface area contributed by atoms with E-state index in [2.05, 4.69) is 13.8 Å². The Morgan fingerprint density at radius 3 is 1.62 bits per heavy atom. The number of amides is 1. The van der Waals surface area contributed by atoms with Crippen LogP contribution in [0.2, 0.25) is 0 Å². The van der Waals surface area contributed by atoms with Crippen molar-refractivity contribution in [2.45, 2.75) is 162 Å². The first-order chi connectivity index (χ1) is 18.9. The summed E-state index contributed by atoms with van der Waals surface area (Å²) in [7, 11) is 0. The van der Waals surface area contributed by atoms with Crippen LogP contribution in [-0.2, 0) is 23.9 Å². The van der Waals surface area contributed by atoms with Crippen LogP contribution < -0.4 is 0 Å². The van der Waals surface area contributed by atoms with E-state index in [9.17, 15) is 14.4 Å². The third-order valence-corrected chi connectivity index (χ3v) is 8.30. The van der Waals surface area contributed by atoms with Gasteiger partial charge >= 0.3 is 11.9 Å². The van der Waals surface area contributed by atoms with E-state index in [1.165, 1.54) is 77.0 Å². The van der Waals surface area contributed by atoms with Gasteiger partial charge in [-0.15, -0.1) is 0 Å². The lowest BCUT2D eigenvalue weighted by atomic mass is 9.88. The van der Waals surface area contributed by atoms with Gasteiger partial charge in [-0.2, -0.15) is 0 Å². The highest BCUT2D eigenvalue weighted by molar-refractivity contribution is 5.82. The zero-order valence-corrected chi connectivity index (χ0v) is 26.0. The molecule has 1 aliphatic rings. The molecule has 0 N–H and O–H groups in total. The third kappa shape index (κ3) is 16.3. The van der Waals surface area contributed by atoms with Crippen molar-refractivity contribution in [2.75, 3.05) is 19.8 Å². The second-order valence-corrected chi connectivity index (χ2v) is 11.8. The molecule has 3 atom stereocenters. The molecule has 39 heavy (non-hydrogen) atoms. The van der Waals surface area contributed by atoms with Gasteiger partial charge < -0.3 is 14.4 Å². The van der Waals surface area contributed by atoms with Gasteiger partial charge in [-0.25, -0.2) is 0 Å². The van der Waals surface area contributed by atoms with Crippen LogP contribution >= 0.6 is 0 Å². The van der Waals surface area contributed by atoms with Gasteiger partial charge in [-0.3, -0.25) is 14.4 Å². The van der Waals surface area contributed by atoms with E-state index in [1.54, 1.807) is 6.92 Å². The van der Waals surface area contributed by atoms with Crippen molar-refractivity contribution in [1.82, 2.24) is 4.90 Å². The van der Waals surface area contributed by atoms with Gasteiger partial charge in [0, 0.05) is 19.0 Å². The van der Waals surface area contributed by atoms with Crippen LogP contribution in [-0.4, -0.2) is 48.5 Å². The SMILES string of the molecule is CCCCCCCCCCOC(=O)C(C)C(CCC(C)N1CCCC1=O)C(=O)OCCCCCCCCCC. The molecule has 1 saturated heterocycles. The molecule has 1 heterocycles. The molecule has 0 saturated carbocycles. The summed E-state index contributed by atoms with van der Waals surface area (Å²) in [5.74, 6) is -1.50. The molecular formula is C33H61NO5. The molecule has 1 amide bonds. The highest BCUT2D eigenvalue weighted by Crippen LogP contribution is 2.25. The molecule has 6 nitrogen and oxygen atoms in total. The van der Waals surface area contributed by atoms with Crippen LogP contribution in [0.4, 0.5) is 0 Å². The topological polar surface area (TPSA) is 72.9 Å². The van der Waals surface area contributed by atoms with E-state index in [1.807, 2.05) is 11.8 Å². The number of carbonyl (C=O) groups is 3. The van der Waals surface area contributed by atoms with E-state index >= 15 is 0 Å². The Morgan fingerprint density at radius 2 is 1.15 bits per heavy atom. The van der Waals surface area contributed by atoms with Crippen LogP contribution in [0, 0.1) is 11.8 Å². The predicted molar refractivity (Wildman–Crippen MR) is 159 cm³/mol. The van der Waals surface area contributed by atoms with Gasteiger partial charge in [0.1, 0.15) is 0 Å². The molecule has 0 spiro atoms. The summed E-state index contributed by atoms with van der Waals surface area (Å²) in [5.41, 5.74) is 0. The van der Waals surface area contributed by atoms with E-state index in [-0.39, 0.29) is 23.9 Å². The molecule has 228 valence electrons. The summed E-state index contributed by atoms with van der Waals surface area (Å²) >= 11 is 0. The maximum Gasteiger partial charge on any atom is 0.309 e. The first kappa shape index (κ1) is 35.4. The van der Waals surface area contributed by atoms with Crippen molar-refractivity contribution in [3.8, 4) is 0 Å². The number of rotatable bonds is 25. The smallest absolute Gasteiger partial charge is 0.309 e. The van der Waals surface area contributed by atoms with Gasteiger partial charge in [0.2, 0.25) is 5.91 Å². The minimum atomic E-state index is -0.549. The Bertz CT molecular complexity index is 652. The van der Waals surface area contributed by atoms with Crippen molar-refractivity contribution in [2.24, 2.45) is 11.8 Å². The number of unbranched alkanes of at least 4 members (excludes halogenated alkanes) is 14. The number of carbonyl (C=O) groups excluding carboxylic acids is 3. The van der Waals surface area contributed by atoms with Crippen molar-refractivity contribution in [3.63, 3.8) is 0 Å². The molecule has 0 aromatic rings. The van der Waals surface area contributed by atoms with Gasteiger partial charge in [0.05, 0.1) is 25.0 Å². The molecule has 0 bridgehead atoms. The summed E-state index contributed by atoms with van der Waals surface area (Å²) in [6.45, 7) is 9.89. The Labute approximate surface area is 240 Å². The largest absolute Gasteiger partial charge is 0.465 e. The fourth-order valence-corrected chi connectivity index (χ4v) is 5.50. The number of hydrogen-bond acceptors (Lipinski definition) is 5. The molecule has 1 fully saturated rings. The molecule has 0 radical (unpaired) electrons. The average Bonchev–Trinajstić information content (AvgIpc) is 3.36. The molecule has 6 heteroatoms. The van der Waals surface area contributed by atoms with Crippen LogP contribution in [0.1, 0.15) is 156 Å². The van der Waals surface area contributed by atoms with Crippen molar-refractivity contribution in [1.29, 1.82) is 0 Å². The zero-order valence-electron chi connectivity index (χ0n) is 26.0. The Morgan fingerprint density at radius 1 is 0.692 bits per heavy atom. The molecule has 0 aromatic heterocycles. The van der Waals surface area contributed by atoms with E-state index in [0.29, 0.717) is 32.5 Å². The predicted octanol–water partition coefficient (Wildman–Crippen LogP) is 8.40. The van der Waals surface area contributed by atoms with Crippen molar-refractivity contribution in [3.05, 3.63) is 0 Å². The molecule has 3 unspecified atom stereocenters. The highest BCUT2D eigenvalue weighted by atomic mass is 16.5. The monoisotopic (exact) mass is 551 g/mol. The number of esters is 2. The van der Waals surface area contributed by atoms with Crippen LogP contribution in [0.15, 0.2) is 0 Å². The lowest BCUT2D eigenvalue weighted by molar-refractivity contribution is -0.160. The van der Waals surface area contributed by atoms with Gasteiger partial charge in [0.15, 0.2) is 0 Å². The second-order valence-electron chi connectivity index (χ2n) is 11.8. The summed E-state index contributed by atoms with van der Waals surface area (Å²) in [5, 5.41) is 0. The van der Waals surface area contributed by atoms with Crippen LogP contribution in [0.5, 0.6) is 0 Å². The lowest BCUT2D eigenvalue weighted by Gasteiger charge is -2.27. The molecule has 0 aliphatic carbocycles. The van der Waals surface area contributed by atoms with Crippen molar-refractivity contribution >= 4 is 17.8 Å². The number of likely N-dealkylation sites (tertiary alicyclic amines) is 1. The molecule has 1 aliphatic heterocycles. The Kier molecular flexibility index (Phi) is 21.0. The lowest BCUT2D eigenvalue weighted by Crippen LogP contribution is -2.36. The summed E-state index contributed by atoms with van der Waals surface area (Å²) in [4.78, 5) is 40.1. The third-order valence-electron chi connectivity index (χ3n) is 8.30. The van der Waals surface area contributed by atoms with Crippen molar-refractivity contribution < 1.29 is 23.9 Å². The van der Waals surface area contributed by atoms with Gasteiger partial charge in [0.25, 0.3) is 0 Å². The zero-order chi connectivity index (χ0) is 28.7. The maximum atomic E-state index is 13.1. The second kappa shape index (κ2) is 23.1. The fraction of sp³-hybridized carbons (Fsp3) is 0.909. The van der Waals surface area contributed by atoms with E-state index in [0.717, 1.165) is 38.6 Å². The standard InChI is InChI=1S/C33H61NO5/c1-5-7-9-11-13-15-17-19-26-38-32(36)29(4)30(24-23-28(3)34-25-21-22-31(34)35)33(37)39-27-20-18-16-14-12-10-8-6-2/h28-30H,5-27H2,1-4H3. The minimum Gasteiger partial charge on any atom is -0.465 e. The van der Waals surface area contributed by atoms with Gasteiger partial charge in [-0.05, 0) is 39.0 Å². The number of ether oxygens (including phenoxy) is 2. The molecule has 1 rings (SSSR count). The normalized spacial score (nSPS) is 15.8. The maximum absolute atomic E-state index is 13.1. The summed E-state index contributed by atoms with van der Waals surface area (Å²) < 4.78 is 11.3. The Hall–Kier alpha value is -1.59. The van der Waals surface area contributed by atoms with E-state index < -0.39 is 11.8 Å². The summed E-state index contributed by atoms with van der Waals surface area (Å²) in [6, 6.07) is 0.0588. The Balaban J connectivity index is 2.46. The quantitative estimate of drug-likeness (QED) is 0.0841. The average molecular weight is 552 g/mol. The molecular weight excluding hydrogens is 490 g/mol. The first-order valence-corrected chi connectivity index (χ1v) is 16.5. The first-order valence-electron chi connectivity index (χ1n) is 16.5. The number of nitrogens with zero attached hydrogens (tertiary/aromatic N) is 1. The molecule has 0 aromatic carbocycles. The fourth-order valence-electron chi connectivity index (χ4n) is 5.50. The van der Waals surface area contributed by atoms with Crippen LogP contribution in [0.25, 0.3) is 0 Å². The summed E-state index contributed by atoms with van der Waals surface area (Å²) in [6.07, 6.45) is 21.7. The minimum absolute atomic E-state index is 0.0588. The number of hydrogen-bond donors (Lipinski definition) is 0. The van der Waals surface area contributed by atoms with Gasteiger partial charge in [-0.1, -0.05) is 111 Å². The highest BCUT2D eigenvalue weighted by Gasteiger charge is 2.34.